The number of rotatable bonds is 9. The highest BCUT2D eigenvalue weighted by Gasteiger charge is 2.04. The number of anilines is 2. The number of hydrogen-bond acceptors (Lipinski definition) is 2. The molecule has 0 heterocycles. The van der Waals surface area contributed by atoms with E-state index < -0.39 is 0 Å². The maximum atomic E-state index is 6.32. The van der Waals surface area contributed by atoms with E-state index in [0.717, 1.165) is 28.6 Å². The predicted octanol–water partition coefficient (Wildman–Crippen LogP) is 5.69. The van der Waals surface area contributed by atoms with E-state index in [9.17, 15) is 0 Å². The molecule has 0 saturated heterocycles. The molecule has 0 aromatic heterocycles. The van der Waals surface area contributed by atoms with Crippen LogP contribution in [0.25, 0.3) is 10.8 Å². The Labute approximate surface area is 134 Å². The first-order valence-electron chi connectivity index (χ1n) is 8.79. The van der Waals surface area contributed by atoms with Gasteiger partial charge < -0.3 is 11.5 Å². The van der Waals surface area contributed by atoms with Gasteiger partial charge in [-0.15, -0.1) is 0 Å². The fourth-order valence-electron chi connectivity index (χ4n) is 3.08. The van der Waals surface area contributed by atoms with Crippen LogP contribution < -0.4 is 11.5 Å². The molecule has 0 unspecified atom stereocenters. The van der Waals surface area contributed by atoms with E-state index in [2.05, 4.69) is 19.1 Å². The molecule has 0 spiro atoms. The highest BCUT2D eigenvalue weighted by atomic mass is 14.6. The summed E-state index contributed by atoms with van der Waals surface area (Å²) in [7, 11) is 0. The second-order valence-electron chi connectivity index (χ2n) is 6.34. The number of unbranched alkanes of at least 4 members (excludes halogenated alkanes) is 7. The molecule has 4 N–H and O–H groups in total. The highest BCUT2D eigenvalue weighted by Crippen LogP contribution is 2.27. The van der Waals surface area contributed by atoms with E-state index in [1.807, 2.05) is 18.2 Å². The lowest BCUT2D eigenvalue weighted by Gasteiger charge is -2.10. The Kier molecular flexibility index (Phi) is 6.57. The minimum Gasteiger partial charge on any atom is -0.399 e. The van der Waals surface area contributed by atoms with Gasteiger partial charge in [-0.2, -0.15) is 0 Å². The van der Waals surface area contributed by atoms with Crippen molar-refractivity contribution >= 4 is 22.1 Å². The molecule has 0 atom stereocenters. The van der Waals surface area contributed by atoms with Gasteiger partial charge in [-0.3, -0.25) is 0 Å². The van der Waals surface area contributed by atoms with Crippen LogP contribution in [-0.2, 0) is 6.42 Å². The average Bonchev–Trinajstić information content (AvgIpc) is 2.52. The number of nitrogen functional groups attached to an aromatic ring is 2. The summed E-state index contributed by atoms with van der Waals surface area (Å²) in [5.41, 5.74) is 15.2. The molecule has 120 valence electrons. The SMILES string of the molecule is CCCCCCCCCCc1ccc2cc(N)ccc2c1N. The predicted molar refractivity (Wildman–Crippen MR) is 99.1 cm³/mol. The first-order valence-corrected chi connectivity index (χ1v) is 8.79. The van der Waals surface area contributed by atoms with Crippen molar-refractivity contribution in [1.82, 2.24) is 0 Å². The third-order valence-electron chi connectivity index (χ3n) is 4.48. The number of nitrogens with two attached hydrogens (primary N) is 2. The highest BCUT2D eigenvalue weighted by molar-refractivity contribution is 5.96. The number of aryl methyl sites for hydroxylation is 1. The molecular weight excluding hydrogens is 268 g/mol. The van der Waals surface area contributed by atoms with E-state index >= 15 is 0 Å². The van der Waals surface area contributed by atoms with E-state index in [1.165, 1.54) is 56.9 Å². The molecule has 2 heteroatoms. The zero-order chi connectivity index (χ0) is 15.8. The monoisotopic (exact) mass is 298 g/mol. The maximum Gasteiger partial charge on any atom is 0.0426 e. The first kappa shape index (κ1) is 16.7. The molecule has 0 aliphatic heterocycles. The Morgan fingerprint density at radius 1 is 0.773 bits per heavy atom. The van der Waals surface area contributed by atoms with E-state index in [1.54, 1.807) is 0 Å². The molecule has 2 aromatic rings. The van der Waals surface area contributed by atoms with Crippen molar-refractivity contribution < 1.29 is 0 Å². The van der Waals surface area contributed by atoms with Crippen LogP contribution in [0, 0.1) is 0 Å². The third-order valence-corrected chi connectivity index (χ3v) is 4.48. The summed E-state index contributed by atoms with van der Waals surface area (Å²) in [5.74, 6) is 0. The van der Waals surface area contributed by atoms with Crippen molar-refractivity contribution in [3.63, 3.8) is 0 Å². The zero-order valence-corrected chi connectivity index (χ0v) is 13.9. The Balaban J connectivity index is 1.80. The van der Waals surface area contributed by atoms with Gasteiger partial charge in [0.2, 0.25) is 0 Å². The van der Waals surface area contributed by atoms with Crippen LogP contribution in [0.1, 0.15) is 63.9 Å². The van der Waals surface area contributed by atoms with Crippen molar-refractivity contribution in [2.45, 2.75) is 64.7 Å². The summed E-state index contributed by atoms with van der Waals surface area (Å²) < 4.78 is 0. The molecule has 0 bridgehead atoms. The Morgan fingerprint density at radius 3 is 2.18 bits per heavy atom. The molecular formula is C20H30N2. The summed E-state index contributed by atoms with van der Waals surface area (Å²) in [4.78, 5) is 0. The van der Waals surface area contributed by atoms with Gasteiger partial charge in [0.15, 0.2) is 0 Å². The lowest BCUT2D eigenvalue weighted by Crippen LogP contribution is -1.97. The standard InChI is InChI=1S/C20H30N2/c1-2-3-4-5-6-7-8-9-10-16-11-12-17-15-18(21)13-14-19(17)20(16)22/h11-15H,2-10,21-22H2,1H3. The molecule has 0 saturated carbocycles. The fourth-order valence-corrected chi connectivity index (χ4v) is 3.08. The third kappa shape index (κ3) is 4.66. The van der Waals surface area contributed by atoms with Crippen LogP contribution in [0.5, 0.6) is 0 Å². The first-order chi connectivity index (χ1) is 10.7. The molecule has 0 aliphatic carbocycles. The number of benzene rings is 2. The molecule has 0 radical (unpaired) electrons. The number of hydrogen-bond donors (Lipinski definition) is 2. The molecule has 2 aromatic carbocycles. The van der Waals surface area contributed by atoms with Gasteiger partial charge in [0.25, 0.3) is 0 Å². The normalized spacial score (nSPS) is 11.1. The van der Waals surface area contributed by atoms with Crippen molar-refractivity contribution in [2.75, 3.05) is 11.5 Å². The van der Waals surface area contributed by atoms with Gasteiger partial charge >= 0.3 is 0 Å². The van der Waals surface area contributed by atoms with Crippen molar-refractivity contribution in [3.8, 4) is 0 Å². The van der Waals surface area contributed by atoms with Crippen molar-refractivity contribution in [3.05, 3.63) is 35.9 Å². The summed E-state index contributed by atoms with van der Waals surface area (Å²) in [6.45, 7) is 2.27. The molecule has 0 aliphatic rings. The lowest BCUT2D eigenvalue weighted by molar-refractivity contribution is 0.576. The smallest absolute Gasteiger partial charge is 0.0426 e. The summed E-state index contributed by atoms with van der Waals surface area (Å²) in [5, 5.41) is 2.27. The van der Waals surface area contributed by atoms with E-state index in [4.69, 9.17) is 11.5 Å². The van der Waals surface area contributed by atoms with Gasteiger partial charge in [-0.1, -0.05) is 70.1 Å². The molecule has 0 fully saturated rings. The van der Waals surface area contributed by atoms with Crippen molar-refractivity contribution in [2.24, 2.45) is 0 Å². The maximum absolute atomic E-state index is 6.32. The van der Waals surface area contributed by atoms with Crippen molar-refractivity contribution in [1.29, 1.82) is 0 Å². The number of fused-ring (bicyclic) bond motifs is 1. The largest absolute Gasteiger partial charge is 0.399 e. The van der Waals surface area contributed by atoms with Crippen LogP contribution in [-0.4, -0.2) is 0 Å². The molecule has 2 rings (SSSR count). The van der Waals surface area contributed by atoms with Crippen LogP contribution in [0.4, 0.5) is 11.4 Å². The summed E-state index contributed by atoms with van der Waals surface area (Å²) in [6.07, 6.45) is 11.9. The average molecular weight is 298 g/mol. The summed E-state index contributed by atoms with van der Waals surface area (Å²) >= 11 is 0. The van der Waals surface area contributed by atoms with Gasteiger partial charge in [-0.25, -0.2) is 0 Å². The summed E-state index contributed by atoms with van der Waals surface area (Å²) in [6, 6.07) is 10.3. The lowest BCUT2D eigenvalue weighted by atomic mass is 9.99. The Morgan fingerprint density at radius 2 is 1.45 bits per heavy atom. The second-order valence-corrected chi connectivity index (χ2v) is 6.34. The molecule has 0 amide bonds. The minimum atomic E-state index is 0.794. The van der Waals surface area contributed by atoms with Crippen LogP contribution in [0.2, 0.25) is 0 Å². The van der Waals surface area contributed by atoms with E-state index in [0.29, 0.717) is 0 Å². The van der Waals surface area contributed by atoms with Crippen LogP contribution in [0.15, 0.2) is 30.3 Å². The van der Waals surface area contributed by atoms with Gasteiger partial charge in [0, 0.05) is 16.8 Å². The van der Waals surface area contributed by atoms with Gasteiger partial charge in [-0.05, 0) is 35.9 Å². The zero-order valence-electron chi connectivity index (χ0n) is 13.9. The van der Waals surface area contributed by atoms with Crippen LogP contribution >= 0.6 is 0 Å². The minimum absolute atomic E-state index is 0.794. The topological polar surface area (TPSA) is 52.0 Å². The second kappa shape index (κ2) is 8.67. The quantitative estimate of drug-likeness (QED) is 0.461. The Hall–Kier alpha value is -1.70. The van der Waals surface area contributed by atoms with Crippen LogP contribution in [0.3, 0.4) is 0 Å². The molecule has 22 heavy (non-hydrogen) atoms. The Bertz CT molecular complexity index is 590. The van der Waals surface area contributed by atoms with Gasteiger partial charge in [0.1, 0.15) is 0 Å². The fraction of sp³-hybridized carbons (Fsp3) is 0.500. The van der Waals surface area contributed by atoms with E-state index in [-0.39, 0.29) is 0 Å². The van der Waals surface area contributed by atoms with Gasteiger partial charge in [0.05, 0.1) is 0 Å². The molecule has 2 nitrogen and oxygen atoms in total.